The van der Waals surface area contributed by atoms with Crippen LogP contribution in [0.3, 0.4) is 0 Å². The third-order valence-corrected chi connectivity index (χ3v) is 3.11. The molecule has 1 aromatic carbocycles. The number of benzene rings is 1. The zero-order chi connectivity index (χ0) is 14.7. The monoisotopic (exact) mass is 275 g/mol. The molecule has 2 rings (SSSR count). The number of amides is 1. The fourth-order valence-corrected chi connectivity index (χ4v) is 2.00. The Bertz CT molecular complexity index is 604. The molecule has 1 amide bonds. The number of halogens is 1. The first-order valence-electron chi connectivity index (χ1n) is 6.53. The molecule has 0 fully saturated rings. The van der Waals surface area contributed by atoms with Crippen LogP contribution in [0, 0.1) is 25.6 Å². The van der Waals surface area contributed by atoms with Gasteiger partial charge in [-0.15, -0.1) is 0 Å². The predicted octanol–water partition coefficient (Wildman–Crippen LogP) is 2.91. The zero-order valence-electron chi connectivity index (χ0n) is 11.9. The molecule has 106 valence electrons. The van der Waals surface area contributed by atoms with Crippen molar-refractivity contribution in [2.45, 2.75) is 27.3 Å². The van der Waals surface area contributed by atoms with E-state index in [1.807, 2.05) is 31.5 Å². The topological polar surface area (TPSA) is 46.9 Å². The van der Waals surface area contributed by atoms with Crippen LogP contribution in [0.2, 0.25) is 0 Å². The highest BCUT2D eigenvalue weighted by Crippen LogP contribution is 2.12. The van der Waals surface area contributed by atoms with E-state index in [2.05, 4.69) is 10.4 Å². The summed E-state index contributed by atoms with van der Waals surface area (Å²) in [5.74, 6) is -0.652. The van der Waals surface area contributed by atoms with Gasteiger partial charge in [-0.05, 0) is 44.2 Å². The highest BCUT2D eigenvalue weighted by Gasteiger charge is 2.15. The van der Waals surface area contributed by atoms with Gasteiger partial charge in [-0.2, -0.15) is 5.10 Å². The molecule has 1 N–H and O–H groups in total. The quantitative estimate of drug-likeness (QED) is 0.932. The van der Waals surface area contributed by atoms with Crippen LogP contribution >= 0.6 is 0 Å². The molecule has 4 nitrogen and oxygen atoms in total. The molecule has 1 unspecified atom stereocenters. The van der Waals surface area contributed by atoms with Crippen LogP contribution in [0.15, 0.2) is 30.3 Å². The van der Waals surface area contributed by atoms with Crippen molar-refractivity contribution in [3.63, 3.8) is 0 Å². The van der Waals surface area contributed by atoms with Crippen molar-refractivity contribution >= 4 is 11.6 Å². The molecule has 0 aliphatic heterocycles. The van der Waals surface area contributed by atoms with E-state index in [1.54, 1.807) is 12.1 Å². The van der Waals surface area contributed by atoms with Crippen LogP contribution in [0.5, 0.6) is 0 Å². The van der Waals surface area contributed by atoms with Gasteiger partial charge in [0.2, 0.25) is 5.91 Å². The van der Waals surface area contributed by atoms with E-state index in [4.69, 9.17) is 0 Å². The lowest BCUT2D eigenvalue weighted by molar-refractivity contribution is -0.119. The number of nitrogens with zero attached hydrogens (tertiary/aromatic N) is 2. The molecule has 0 aliphatic carbocycles. The summed E-state index contributed by atoms with van der Waals surface area (Å²) in [6, 6.07) is 7.71. The van der Waals surface area contributed by atoms with Crippen molar-refractivity contribution in [2.24, 2.45) is 5.92 Å². The van der Waals surface area contributed by atoms with Crippen LogP contribution in [-0.2, 0) is 11.3 Å². The molecule has 20 heavy (non-hydrogen) atoms. The Morgan fingerprint density at radius 2 is 2.00 bits per heavy atom. The fraction of sp³-hybridized carbons (Fsp3) is 0.333. The van der Waals surface area contributed by atoms with Crippen LogP contribution in [0.4, 0.5) is 10.1 Å². The Morgan fingerprint density at radius 3 is 2.55 bits per heavy atom. The number of aryl methyl sites for hydroxylation is 2. The molecular weight excluding hydrogens is 257 g/mol. The molecule has 0 radical (unpaired) electrons. The lowest BCUT2D eigenvalue weighted by atomic mass is 10.1. The summed E-state index contributed by atoms with van der Waals surface area (Å²) in [6.07, 6.45) is 0. The number of hydrogen-bond donors (Lipinski definition) is 1. The number of nitrogens with one attached hydrogen (secondary N) is 1. The Balaban J connectivity index is 1.98. The van der Waals surface area contributed by atoms with Gasteiger partial charge in [0, 0.05) is 11.4 Å². The van der Waals surface area contributed by atoms with Gasteiger partial charge in [0.25, 0.3) is 0 Å². The van der Waals surface area contributed by atoms with Gasteiger partial charge in [0.1, 0.15) is 5.82 Å². The molecule has 0 spiro atoms. The molecular formula is C15H18FN3O. The zero-order valence-corrected chi connectivity index (χ0v) is 11.9. The minimum absolute atomic E-state index is 0.107. The Hall–Kier alpha value is -2.17. The standard InChI is InChI=1S/C15H18FN3O/c1-10(9-19-12(3)8-11(2)18-19)15(20)17-14-6-4-13(16)5-7-14/h4-8,10H,9H2,1-3H3,(H,17,20). The van der Waals surface area contributed by atoms with Crippen LogP contribution in [0.1, 0.15) is 18.3 Å². The Morgan fingerprint density at radius 1 is 1.35 bits per heavy atom. The maximum atomic E-state index is 12.8. The van der Waals surface area contributed by atoms with Crippen LogP contribution < -0.4 is 5.32 Å². The lowest BCUT2D eigenvalue weighted by Gasteiger charge is -2.13. The molecule has 0 saturated carbocycles. The largest absolute Gasteiger partial charge is 0.326 e. The van der Waals surface area contributed by atoms with E-state index in [0.29, 0.717) is 12.2 Å². The van der Waals surface area contributed by atoms with Crippen molar-refractivity contribution in [1.82, 2.24) is 9.78 Å². The first-order chi connectivity index (χ1) is 9.45. The SMILES string of the molecule is Cc1cc(C)n(CC(C)C(=O)Nc2ccc(F)cc2)n1. The van der Waals surface area contributed by atoms with E-state index in [0.717, 1.165) is 11.4 Å². The molecule has 0 aliphatic rings. The number of rotatable bonds is 4. The van der Waals surface area contributed by atoms with Crippen molar-refractivity contribution in [2.75, 3.05) is 5.32 Å². The fourth-order valence-electron chi connectivity index (χ4n) is 2.00. The number of anilines is 1. The van der Waals surface area contributed by atoms with Crippen LogP contribution in [-0.4, -0.2) is 15.7 Å². The lowest BCUT2D eigenvalue weighted by Crippen LogP contribution is -2.25. The molecule has 0 saturated heterocycles. The Kier molecular flexibility index (Phi) is 4.17. The summed E-state index contributed by atoms with van der Waals surface area (Å²) in [5, 5.41) is 7.11. The molecule has 1 atom stereocenters. The average molecular weight is 275 g/mol. The first-order valence-corrected chi connectivity index (χ1v) is 6.53. The van der Waals surface area contributed by atoms with Crippen molar-refractivity contribution in [3.05, 3.63) is 47.5 Å². The van der Waals surface area contributed by atoms with Gasteiger partial charge in [-0.25, -0.2) is 4.39 Å². The smallest absolute Gasteiger partial charge is 0.229 e. The minimum Gasteiger partial charge on any atom is -0.326 e. The second-order valence-electron chi connectivity index (χ2n) is 5.01. The van der Waals surface area contributed by atoms with Crippen molar-refractivity contribution in [3.8, 4) is 0 Å². The third-order valence-electron chi connectivity index (χ3n) is 3.11. The summed E-state index contributed by atoms with van der Waals surface area (Å²) in [7, 11) is 0. The number of carbonyl (C=O) groups is 1. The van der Waals surface area contributed by atoms with Crippen molar-refractivity contribution < 1.29 is 9.18 Å². The number of hydrogen-bond acceptors (Lipinski definition) is 2. The number of aromatic nitrogens is 2. The summed E-state index contributed by atoms with van der Waals surface area (Å²) >= 11 is 0. The maximum Gasteiger partial charge on any atom is 0.229 e. The minimum atomic E-state index is -0.321. The first kappa shape index (κ1) is 14.2. The molecule has 5 heteroatoms. The highest BCUT2D eigenvalue weighted by atomic mass is 19.1. The normalized spacial score (nSPS) is 12.2. The van der Waals surface area contributed by atoms with Gasteiger partial charge >= 0.3 is 0 Å². The van der Waals surface area contributed by atoms with E-state index in [-0.39, 0.29) is 17.6 Å². The molecule has 1 aromatic heterocycles. The maximum absolute atomic E-state index is 12.8. The van der Waals surface area contributed by atoms with Crippen LogP contribution in [0.25, 0.3) is 0 Å². The molecule has 1 heterocycles. The summed E-state index contributed by atoms with van der Waals surface area (Å²) in [6.45, 7) is 6.25. The van der Waals surface area contributed by atoms with Crippen molar-refractivity contribution in [1.29, 1.82) is 0 Å². The number of carbonyl (C=O) groups excluding carboxylic acids is 1. The third kappa shape index (κ3) is 3.44. The summed E-state index contributed by atoms with van der Waals surface area (Å²) < 4.78 is 14.6. The van der Waals surface area contributed by atoms with Gasteiger partial charge in [0.05, 0.1) is 18.2 Å². The second-order valence-corrected chi connectivity index (χ2v) is 5.01. The summed E-state index contributed by atoms with van der Waals surface area (Å²) in [4.78, 5) is 12.1. The Labute approximate surface area is 117 Å². The molecule has 0 bridgehead atoms. The second kappa shape index (κ2) is 5.86. The van der Waals surface area contributed by atoms with Gasteiger partial charge in [0.15, 0.2) is 0 Å². The van der Waals surface area contributed by atoms with Gasteiger partial charge < -0.3 is 5.32 Å². The highest BCUT2D eigenvalue weighted by molar-refractivity contribution is 5.92. The van der Waals surface area contributed by atoms with Gasteiger partial charge in [-0.1, -0.05) is 6.92 Å². The van der Waals surface area contributed by atoms with E-state index < -0.39 is 0 Å². The van der Waals surface area contributed by atoms with Gasteiger partial charge in [-0.3, -0.25) is 9.48 Å². The van der Waals surface area contributed by atoms with E-state index in [9.17, 15) is 9.18 Å². The molecule has 2 aromatic rings. The summed E-state index contributed by atoms with van der Waals surface area (Å²) in [5.41, 5.74) is 2.56. The van der Waals surface area contributed by atoms with E-state index in [1.165, 1.54) is 12.1 Å². The predicted molar refractivity (Wildman–Crippen MR) is 75.9 cm³/mol. The average Bonchev–Trinajstić information content (AvgIpc) is 2.70. The van der Waals surface area contributed by atoms with E-state index >= 15 is 0 Å².